The Balaban J connectivity index is 2.06. The van der Waals surface area contributed by atoms with E-state index in [1.54, 1.807) is 12.1 Å². The number of ether oxygens (including phenoxy) is 1. The summed E-state index contributed by atoms with van der Waals surface area (Å²) in [5.74, 6) is -1.60. The molecule has 6 nitrogen and oxygen atoms in total. The number of hydrogen-bond acceptors (Lipinski definition) is 5. The van der Waals surface area contributed by atoms with Gasteiger partial charge >= 0.3 is 5.97 Å². The molecule has 2 amide bonds. The quantitative estimate of drug-likeness (QED) is 0.611. The van der Waals surface area contributed by atoms with E-state index in [9.17, 15) is 19.5 Å². The minimum absolute atomic E-state index is 0.0773. The van der Waals surface area contributed by atoms with Crippen LogP contribution in [-0.4, -0.2) is 40.1 Å². The Bertz CT molecular complexity index is 561. The van der Waals surface area contributed by atoms with Gasteiger partial charge in [0.1, 0.15) is 6.61 Å². The fraction of sp³-hybridized carbons (Fsp3) is 0.308. The van der Waals surface area contributed by atoms with E-state index in [0.717, 1.165) is 4.90 Å². The van der Waals surface area contributed by atoms with Crippen molar-refractivity contribution in [2.24, 2.45) is 0 Å². The van der Waals surface area contributed by atoms with Gasteiger partial charge in [0.2, 0.25) is 5.72 Å². The summed E-state index contributed by atoms with van der Waals surface area (Å²) in [5.41, 5.74) is -1.02. The lowest BCUT2D eigenvalue weighted by atomic mass is 10.1. The second-order valence-electron chi connectivity index (χ2n) is 4.57. The van der Waals surface area contributed by atoms with Crippen molar-refractivity contribution in [1.29, 1.82) is 0 Å². The van der Waals surface area contributed by atoms with Gasteiger partial charge in [0.15, 0.2) is 0 Å². The summed E-state index contributed by atoms with van der Waals surface area (Å²) in [7, 11) is 0. The van der Waals surface area contributed by atoms with Crippen LogP contribution in [0.15, 0.2) is 24.3 Å². The van der Waals surface area contributed by atoms with Crippen molar-refractivity contribution in [2.45, 2.75) is 18.6 Å². The molecule has 2 aliphatic rings. The monoisotopic (exact) mass is 261 g/mol. The predicted molar refractivity (Wildman–Crippen MR) is 62.1 cm³/mol. The van der Waals surface area contributed by atoms with E-state index >= 15 is 0 Å². The van der Waals surface area contributed by atoms with Gasteiger partial charge in [-0.15, -0.1) is 0 Å². The standard InChI is InChI=1S/C13H11NO5/c15-7-13(6-5-10(16)19-13)14-11(17)8-3-1-2-4-9(8)12(14)18/h1-4,15H,5-7H2. The minimum atomic E-state index is -1.55. The van der Waals surface area contributed by atoms with Crippen LogP contribution >= 0.6 is 0 Å². The molecule has 0 saturated carbocycles. The molecule has 1 atom stereocenters. The Morgan fingerprint density at radius 2 is 1.74 bits per heavy atom. The molecule has 0 aromatic heterocycles. The predicted octanol–water partition coefficient (Wildman–Crippen LogP) is 0.308. The van der Waals surface area contributed by atoms with Crippen LogP contribution in [0.1, 0.15) is 33.6 Å². The summed E-state index contributed by atoms with van der Waals surface area (Å²) in [6.45, 7) is -0.593. The van der Waals surface area contributed by atoms with Crippen molar-refractivity contribution in [3.63, 3.8) is 0 Å². The fourth-order valence-electron chi connectivity index (χ4n) is 2.51. The first-order valence-electron chi connectivity index (χ1n) is 5.90. The number of esters is 1. The lowest BCUT2D eigenvalue weighted by Crippen LogP contribution is -2.54. The van der Waals surface area contributed by atoms with E-state index in [4.69, 9.17) is 4.74 Å². The molecule has 98 valence electrons. The molecule has 0 bridgehead atoms. The van der Waals surface area contributed by atoms with E-state index in [1.165, 1.54) is 12.1 Å². The van der Waals surface area contributed by atoms with Gasteiger partial charge < -0.3 is 9.84 Å². The zero-order valence-electron chi connectivity index (χ0n) is 9.96. The molecular weight excluding hydrogens is 250 g/mol. The number of aliphatic hydroxyl groups is 1. The Kier molecular flexibility index (Phi) is 2.43. The van der Waals surface area contributed by atoms with Gasteiger partial charge in [-0.05, 0) is 12.1 Å². The highest BCUT2D eigenvalue weighted by Crippen LogP contribution is 2.36. The molecule has 1 aromatic carbocycles. The number of imide groups is 1. The first kappa shape index (κ1) is 11.9. The number of nitrogens with zero attached hydrogens (tertiary/aromatic N) is 1. The Hall–Kier alpha value is -2.21. The van der Waals surface area contributed by atoms with Gasteiger partial charge in [-0.2, -0.15) is 0 Å². The zero-order valence-corrected chi connectivity index (χ0v) is 9.96. The van der Waals surface area contributed by atoms with E-state index < -0.39 is 30.1 Å². The molecule has 1 unspecified atom stereocenters. The van der Waals surface area contributed by atoms with Crippen molar-refractivity contribution < 1.29 is 24.2 Å². The highest BCUT2D eigenvalue weighted by molar-refractivity contribution is 6.21. The normalized spacial score (nSPS) is 25.7. The van der Waals surface area contributed by atoms with Crippen LogP contribution in [0.3, 0.4) is 0 Å². The lowest BCUT2D eigenvalue weighted by Gasteiger charge is -2.33. The maximum Gasteiger partial charge on any atom is 0.308 e. The number of amides is 2. The van der Waals surface area contributed by atoms with Crippen molar-refractivity contribution in [2.75, 3.05) is 6.61 Å². The van der Waals surface area contributed by atoms with Gasteiger partial charge in [0, 0.05) is 6.42 Å². The van der Waals surface area contributed by atoms with Crippen LogP contribution in [-0.2, 0) is 9.53 Å². The third kappa shape index (κ3) is 1.50. The van der Waals surface area contributed by atoms with Crippen LogP contribution < -0.4 is 0 Å². The van der Waals surface area contributed by atoms with E-state index in [-0.39, 0.29) is 24.0 Å². The Labute approximate surface area is 108 Å². The third-order valence-corrected chi connectivity index (χ3v) is 3.47. The first-order chi connectivity index (χ1) is 9.09. The number of hydrogen-bond donors (Lipinski definition) is 1. The molecule has 1 aromatic rings. The number of fused-ring (bicyclic) bond motifs is 1. The van der Waals surface area contributed by atoms with Gasteiger partial charge in [-0.1, -0.05) is 12.1 Å². The zero-order chi connectivity index (χ0) is 13.6. The highest BCUT2D eigenvalue weighted by Gasteiger charge is 2.54. The average Bonchev–Trinajstić information content (AvgIpc) is 2.91. The van der Waals surface area contributed by atoms with Gasteiger partial charge in [-0.3, -0.25) is 14.4 Å². The molecule has 0 radical (unpaired) electrons. The molecule has 0 spiro atoms. The number of rotatable bonds is 2. The second-order valence-corrected chi connectivity index (χ2v) is 4.57. The summed E-state index contributed by atoms with van der Waals surface area (Å²) >= 11 is 0. The van der Waals surface area contributed by atoms with Crippen LogP contribution in [0.4, 0.5) is 0 Å². The number of aliphatic hydroxyl groups excluding tert-OH is 1. The maximum atomic E-state index is 12.3. The Morgan fingerprint density at radius 1 is 1.16 bits per heavy atom. The van der Waals surface area contributed by atoms with E-state index in [0.29, 0.717) is 0 Å². The summed E-state index contributed by atoms with van der Waals surface area (Å²) < 4.78 is 5.05. The van der Waals surface area contributed by atoms with Crippen LogP contribution in [0.5, 0.6) is 0 Å². The molecule has 1 fully saturated rings. The van der Waals surface area contributed by atoms with E-state index in [1.807, 2.05) is 0 Å². The number of benzene rings is 1. The van der Waals surface area contributed by atoms with Gasteiger partial charge in [0.05, 0.1) is 17.5 Å². The van der Waals surface area contributed by atoms with Gasteiger partial charge in [-0.25, -0.2) is 4.90 Å². The number of carbonyl (C=O) groups is 3. The van der Waals surface area contributed by atoms with Crippen molar-refractivity contribution >= 4 is 17.8 Å². The molecule has 6 heteroatoms. The Morgan fingerprint density at radius 3 is 2.16 bits per heavy atom. The second kappa shape index (κ2) is 3.89. The van der Waals surface area contributed by atoms with Crippen LogP contribution in [0.25, 0.3) is 0 Å². The van der Waals surface area contributed by atoms with Crippen LogP contribution in [0.2, 0.25) is 0 Å². The number of carbonyl (C=O) groups excluding carboxylic acids is 3. The first-order valence-corrected chi connectivity index (χ1v) is 5.90. The van der Waals surface area contributed by atoms with Crippen molar-refractivity contribution in [1.82, 2.24) is 4.90 Å². The summed E-state index contributed by atoms with van der Waals surface area (Å²) in [4.78, 5) is 36.7. The molecule has 19 heavy (non-hydrogen) atoms. The van der Waals surface area contributed by atoms with Crippen LogP contribution in [0, 0.1) is 0 Å². The lowest BCUT2D eigenvalue weighted by molar-refractivity contribution is -0.164. The minimum Gasteiger partial charge on any atom is -0.436 e. The summed E-state index contributed by atoms with van der Waals surface area (Å²) in [6, 6.07) is 6.38. The van der Waals surface area contributed by atoms with Gasteiger partial charge in [0.25, 0.3) is 11.8 Å². The molecule has 0 aliphatic carbocycles. The van der Waals surface area contributed by atoms with Crippen molar-refractivity contribution in [3.8, 4) is 0 Å². The maximum absolute atomic E-state index is 12.3. The molecular formula is C13H11NO5. The van der Waals surface area contributed by atoms with Crippen molar-refractivity contribution in [3.05, 3.63) is 35.4 Å². The third-order valence-electron chi connectivity index (χ3n) is 3.47. The molecule has 2 aliphatic heterocycles. The topological polar surface area (TPSA) is 83.9 Å². The molecule has 3 rings (SSSR count). The average molecular weight is 261 g/mol. The molecule has 1 N–H and O–H groups in total. The summed E-state index contributed by atoms with van der Waals surface area (Å²) in [6.07, 6.45) is 0.196. The fourth-order valence-corrected chi connectivity index (χ4v) is 2.51. The SMILES string of the molecule is O=C1CCC(CO)(N2C(=O)c3ccccc3C2=O)O1. The van der Waals surface area contributed by atoms with E-state index in [2.05, 4.69) is 0 Å². The smallest absolute Gasteiger partial charge is 0.308 e. The number of cyclic esters (lactones) is 1. The largest absolute Gasteiger partial charge is 0.436 e. The highest BCUT2D eigenvalue weighted by atomic mass is 16.6. The molecule has 1 saturated heterocycles. The summed E-state index contributed by atoms with van der Waals surface area (Å²) in [5, 5.41) is 9.49. The molecule has 2 heterocycles.